The summed E-state index contributed by atoms with van der Waals surface area (Å²) in [5.41, 5.74) is 2.28. The third kappa shape index (κ3) is 3.77. The fourth-order valence-electron chi connectivity index (χ4n) is 2.25. The Bertz CT molecular complexity index is 665. The normalized spacial score (nSPS) is 10.3. The number of aromatic carboxylic acids is 1. The maximum absolute atomic E-state index is 12.3. The Labute approximate surface area is 123 Å². The molecule has 21 heavy (non-hydrogen) atoms. The molecule has 0 aliphatic heterocycles. The van der Waals surface area contributed by atoms with Crippen LogP contribution in [0.15, 0.2) is 48.5 Å². The van der Waals surface area contributed by atoms with Crippen molar-refractivity contribution in [3.05, 3.63) is 70.8 Å². The average Bonchev–Trinajstić information content (AvgIpc) is 2.48. The van der Waals surface area contributed by atoms with Gasteiger partial charge in [-0.2, -0.15) is 0 Å². The van der Waals surface area contributed by atoms with Gasteiger partial charge >= 0.3 is 5.97 Å². The fraction of sp³-hybridized carbons (Fsp3) is 0.176. The van der Waals surface area contributed by atoms with E-state index in [0.29, 0.717) is 0 Å². The van der Waals surface area contributed by atoms with Gasteiger partial charge in [-0.25, -0.2) is 4.79 Å². The van der Waals surface area contributed by atoms with E-state index in [1.54, 1.807) is 18.2 Å². The number of carbonyl (C=O) groups is 2. The van der Waals surface area contributed by atoms with Gasteiger partial charge in [0.1, 0.15) is 0 Å². The first-order valence-electron chi connectivity index (χ1n) is 6.69. The highest BCUT2D eigenvalue weighted by Crippen LogP contribution is 2.14. The summed E-state index contributed by atoms with van der Waals surface area (Å²) in [4.78, 5) is 23.5. The van der Waals surface area contributed by atoms with Crippen LogP contribution in [0.25, 0.3) is 0 Å². The largest absolute Gasteiger partial charge is 0.478 e. The molecule has 0 unspecified atom stereocenters. The van der Waals surface area contributed by atoms with Gasteiger partial charge in [-0.3, -0.25) is 4.79 Å². The van der Waals surface area contributed by atoms with Gasteiger partial charge in [-0.05, 0) is 24.2 Å². The van der Waals surface area contributed by atoms with Crippen LogP contribution in [0.5, 0.6) is 0 Å². The second-order valence-electron chi connectivity index (χ2n) is 4.80. The molecular formula is C17H17NO3. The summed E-state index contributed by atoms with van der Waals surface area (Å²) < 4.78 is 0. The van der Waals surface area contributed by atoms with Crippen molar-refractivity contribution in [2.75, 3.05) is 7.05 Å². The highest BCUT2D eigenvalue weighted by Gasteiger charge is 2.16. The van der Waals surface area contributed by atoms with Crippen LogP contribution in [0.4, 0.5) is 0 Å². The Morgan fingerprint density at radius 2 is 1.67 bits per heavy atom. The van der Waals surface area contributed by atoms with Crippen molar-refractivity contribution in [3.8, 4) is 0 Å². The number of hydrogen-bond acceptors (Lipinski definition) is 3. The molecule has 4 nitrogen and oxygen atoms in total. The minimum atomic E-state index is -1.08. The van der Waals surface area contributed by atoms with Crippen molar-refractivity contribution in [1.29, 1.82) is 0 Å². The van der Waals surface area contributed by atoms with Gasteiger partial charge in [-0.15, -0.1) is 0 Å². The third-order valence-electron chi connectivity index (χ3n) is 3.19. The summed E-state index contributed by atoms with van der Waals surface area (Å²) in [6, 6.07) is 14.0. The zero-order valence-electron chi connectivity index (χ0n) is 11.8. The Balaban J connectivity index is 2.22. The number of ketones is 1. The summed E-state index contributed by atoms with van der Waals surface area (Å²) in [7, 11) is 1.86. The van der Waals surface area contributed by atoms with Gasteiger partial charge < -0.3 is 10.4 Å². The molecule has 2 rings (SSSR count). The van der Waals surface area contributed by atoms with Crippen LogP contribution < -0.4 is 5.32 Å². The molecule has 0 amide bonds. The summed E-state index contributed by atoms with van der Waals surface area (Å²) in [5.74, 6) is -1.27. The zero-order chi connectivity index (χ0) is 15.2. The number of Topliss-reactive ketones (excluding diaryl/α,β-unsaturated/α-hetero) is 1. The van der Waals surface area contributed by atoms with Crippen LogP contribution in [0, 0.1) is 0 Å². The Hall–Kier alpha value is -2.46. The van der Waals surface area contributed by atoms with Gasteiger partial charge in [0.15, 0.2) is 5.78 Å². The van der Waals surface area contributed by atoms with Crippen LogP contribution in [-0.4, -0.2) is 23.9 Å². The van der Waals surface area contributed by atoms with Crippen molar-refractivity contribution in [1.82, 2.24) is 5.32 Å². The van der Waals surface area contributed by atoms with E-state index in [0.717, 1.165) is 17.7 Å². The van der Waals surface area contributed by atoms with E-state index in [-0.39, 0.29) is 23.3 Å². The SMILES string of the molecule is CNCc1cccc(CC(=O)c2ccccc2C(=O)O)c1. The highest BCUT2D eigenvalue weighted by molar-refractivity contribution is 6.06. The number of rotatable bonds is 6. The zero-order valence-corrected chi connectivity index (χ0v) is 11.8. The molecule has 4 heteroatoms. The number of carbonyl (C=O) groups excluding carboxylic acids is 1. The smallest absolute Gasteiger partial charge is 0.336 e. The van der Waals surface area contributed by atoms with Gasteiger partial charge in [-0.1, -0.05) is 42.5 Å². The second-order valence-corrected chi connectivity index (χ2v) is 4.80. The van der Waals surface area contributed by atoms with E-state index in [1.165, 1.54) is 6.07 Å². The van der Waals surface area contributed by atoms with E-state index in [1.807, 2.05) is 31.3 Å². The molecule has 0 spiro atoms. The maximum atomic E-state index is 12.3. The Kier molecular flexibility index (Phi) is 4.85. The lowest BCUT2D eigenvalue weighted by atomic mass is 9.97. The quantitative estimate of drug-likeness (QED) is 0.799. The molecule has 0 saturated carbocycles. The van der Waals surface area contributed by atoms with Crippen molar-refractivity contribution in [2.45, 2.75) is 13.0 Å². The molecule has 0 radical (unpaired) electrons. The number of hydrogen-bond donors (Lipinski definition) is 2. The van der Waals surface area contributed by atoms with Gasteiger partial charge in [0.25, 0.3) is 0 Å². The van der Waals surface area contributed by atoms with E-state index in [4.69, 9.17) is 5.11 Å². The lowest BCUT2D eigenvalue weighted by molar-refractivity contribution is 0.0692. The van der Waals surface area contributed by atoms with Crippen LogP contribution in [0.1, 0.15) is 31.8 Å². The van der Waals surface area contributed by atoms with Crippen molar-refractivity contribution >= 4 is 11.8 Å². The molecule has 2 aromatic rings. The third-order valence-corrected chi connectivity index (χ3v) is 3.19. The first-order valence-corrected chi connectivity index (χ1v) is 6.69. The van der Waals surface area contributed by atoms with E-state index in [9.17, 15) is 9.59 Å². The lowest BCUT2D eigenvalue weighted by Crippen LogP contribution is -2.11. The molecule has 2 N–H and O–H groups in total. The predicted octanol–water partition coefficient (Wildman–Crippen LogP) is 2.53. The molecule has 0 aliphatic carbocycles. The minimum Gasteiger partial charge on any atom is -0.478 e. The van der Waals surface area contributed by atoms with E-state index >= 15 is 0 Å². The number of carboxylic acids is 1. The second kappa shape index (κ2) is 6.81. The molecular weight excluding hydrogens is 266 g/mol. The van der Waals surface area contributed by atoms with Crippen LogP contribution in [0.2, 0.25) is 0 Å². The molecule has 108 valence electrons. The first-order chi connectivity index (χ1) is 10.1. The summed E-state index contributed by atoms with van der Waals surface area (Å²) >= 11 is 0. The monoisotopic (exact) mass is 283 g/mol. The average molecular weight is 283 g/mol. The molecule has 0 aliphatic rings. The molecule has 0 heterocycles. The number of nitrogens with one attached hydrogen (secondary N) is 1. The van der Waals surface area contributed by atoms with Crippen molar-refractivity contribution in [2.24, 2.45) is 0 Å². The lowest BCUT2D eigenvalue weighted by Gasteiger charge is -2.07. The highest BCUT2D eigenvalue weighted by atomic mass is 16.4. The van der Waals surface area contributed by atoms with Gasteiger partial charge in [0.05, 0.1) is 5.56 Å². The summed E-state index contributed by atoms with van der Waals surface area (Å²) in [6.07, 6.45) is 0.196. The topological polar surface area (TPSA) is 66.4 Å². The molecule has 0 fully saturated rings. The van der Waals surface area contributed by atoms with Crippen LogP contribution in [-0.2, 0) is 13.0 Å². The first kappa shape index (κ1) is 14.9. The van der Waals surface area contributed by atoms with E-state index in [2.05, 4.69) is 5.32 Å². The van der Waals surface area contributed by atoms with E-state index < -0.39 is 5.97 Å². The van der Waals surface area contributed by atoms with Crippen molar-refractivity contribution < 1.29 is 14.7 Å². The fourth-order valence-corrected chi connectivity index (χ4v) is 2.25. The predicted molar refractivity (Wildman–Crippen MR) is 80.6 cm³/mol. The minimum absolute atomic E-state index is 0.0499. The van der Waals surface area contributed by atoms with Crippen LogP contribution >= 0.6 is 0 Å². The van der Waals surface area contributed by atoms with Gasteiger partial charge in [0.2, 0.25) is 0 Å². The maximum Gasteiger partial charge on any atom is 0.336 e. The van der Waals surface area contributed by atoms with Crippen LogP contribution in [0.3, 0.4) is 0 Å². The molecule has 0 aromatic heterocycles. The summed E-state index contributed by atoms with van der Waals surface area (Å²) in [5, 5.41) is 12.2. The molecule has 0 saturated heterocycles. The molecule has 2 aromatic carbocycles. The molecule has 0 atom stereocenters. The summed E-state index contributed by atoms with van der Waals surface area (Å²) in [6.45, 7) is 0.730. The Morgan fingerprint density at radius 1 is 1.00 bits per heavy atom. The van der Waals surface area contributed by atoms with Gasteiger partial charge in [0, 0.05) is 18.5 Å². The number of carboxylic acid groups (broad SMARTS) is 1. The van der Waals surface area contributed by atoms with Crippen molar-refractivity contribution in [3.63, 3.8) is 0 Å². The Morgan fingerprint density at radius 3 is 2.33 bits per heavy atom. The molecule has 0 bridgehead atoms. The number of benzene rings is 2. The standard InChI is InChI=1S/C17H17NO3/c1-18-11-13-6-4-5-12(9-13)10-16(19)14-7-2-3-8-15(14)17(20)21/h2-9,18H,10-11H2,1H3,(H,20,21).